The molecule has 0 N–H and O–H groups in total. The highest BCUT2D eigenvalue weighted by Crippen LogP contribution is 2.41. The van der Waals surface area contributed by atoms with Gasteiger partial charge in [0.05, 0.1) is 6.10 Å². The Bertz CT molecular complexity index is 397. The Morgan fingerprint density at radius 2 is 2.24 bits per heavy atom. The fourth-order valence-electron chi connectivity index (χ4n) is 2.38. The van der Waals surface area contributed by atoms with Crippen molar-refractivity contribution in [3.63, 3.8) is 0 Å². The van der Waals surface area contributed by atoms with Crippen molar-refractivity contribution < 1.29 is 13.5 Å². The van der Waals surface area contributed by atoms with Crippen LogP contribution in [0.15, 0.2) is 18.2 Å². The smallest absolute Gasteiger partial charge is 0.130 e. The minimum absolute atomic E-state index is 0.115. The highest BCUT2D eigenvalue weighted by atomic mass is 79.9. The maximum absolute atomic E-state index is 13.7. The molecule has 1 aromatic rings. The predicted molar refractivity (Wildman–Crippen MR) is 66.2 cm³/mol. The van der Waals surface area contributed by atoms with E-state index in [1.54, 1.807) is 0 Å². The molecule has 4 heteroatoms. The molecular weight excluding hydrogens is 290 g/mol. The van der Waals surface area contributed by atoms with Crippen LogP contribution in [0.3, 0.4) is 0 Å². The number of alkyl halides is 1. The molecule has 3 atom stereocenters. The van der Waals surface area contributed by atoms with Crippen molar-refractivity contribution in [3.8, 4) is 0 Å². The summed E-state index contributed by atoms with van der Waals surface area (Å²) >= 11 is 3.53. The van der Waals surface area contributed by atoms with Gasteiger partial charge in [-0.2, -0.15) is 0 Å². The first-order valence-electron chi connectivity index (χ1n) is 5.84. The minimum Gasteiger partial charge on any atom is -0.378 e. The van der Waals surface area contributed by atoms with Gasteiger partial charge in [-0.15, -0.1) is 0 Å². The van der Waals surface area contributed by atoms with Crippen molar-refractivity contribution in [1.29, 1.82) is 0 Å². The average molecular weight is 305 g/mol. The SMILES string of the molecule is CCC1OCCC1C(Br)c1ccc(F)cc1F. The summed E-state index contributed by atoms with van der Waals surface area (Å²) in [5.74, 6) is -0.783. The highest BCUT2D eigenvalue weighted by molar-refractivity contribution is 9.09. The van der Waals surface area contributed by atoms with Gasteiger partial charge in [0.15, 0.2) is 0 Å². The van der Waals surface area contributed by atoms with Crippen LogP contribution in [-0.2, 0) is 4.74 Å². The van der Waals surface area contributed by atoms with Crippen LogP contribution < -0.4 is 0 Å². The lowest BCUT2D eigenvalue weighted by Crippen LogP contribution is -2.19. The predicted octanol–water partition coefficient (Wildman–Crippen LogP) is 4.22. The molecule has 1 aliphatic heterocycles. The van der Waals surface area contributed by atoms with Gasteiger partial charge in [-0.05, 0) is 18.9 Å². The Kier molecular flexibility index (Phi) is 4.15. The van der Waals surface area contributed by atoms with Crippen molar-refractivity contribution in [3.05, 3.63) is 35.4 Å². The van der Waals surface area contributed by atoms with Gasteiger partial charge in [0.25, 0.3) is 0 Å². The highest BCUT2D eigenvalue weighted by Gasteiger charge is 2.34. The van der Waals surface area contributed by atoms with Crippen LogP contribution >= 0.6 is 15.9 Å². The van der Waals surface area contributed by atoms with E-state index in [9.17, 15) is 8.78 Å². The molecule has 1 heterocycles. The molecule has 17 heavy (non-hydrogen) atoms. The quantitative estimate of drug-likeness (QED) is 0.760. The molecule has 0 radical (unpaired) electrons. The number of rotatable bonds is 3. The zero-order valence-corrected chi connectivity index (χ0v) is 11.2. The summed E-state index contributed by atoms with van der Waals surface area (Å²) in [6.45, 7) is 2.78. The Labute approximate surface area is 108 Å². The van der Waals surface area contributed by atoms with Gasteiger partial charge in [0.1, 0.15) is 11.6 Å². The zero-order valence-electron chi connectivity index (χ0n) is 9.63. The molecular formula is C13H15BrF2O. The summed E-state index contributed by atoms with van der Waals surface area (Å²) in [6, 6.07) is 3.74. The van der Waals surface area contributed by atoms with Crippen molar-refractivity contribution in [2.75, 3.05) is 6.61 Å². The largest absolute Gasteiger partial charge is 0.378 e. The van der Waals surface area contributed by atoms with Crippen LogP contribution in [0.25, 0.3) is 0 Å². The van der Waals surface area contributed by atoms with Crippen LogP contribution in [0.1, 0.15) is 30.2 Å². The molecule has 94 valence electrons. The first-order valence-corrected chi connectivity index (χ1v) is 6.75. The van der Waals surface area contributed by atoms with Crippen LogP contribution in [0.4, 0.5) is 8.78 Å². The van der Waals surface area contributed by atoms with Crippen LogP contribution in [0, 0.1) is 17.6 Å². The van der Waals surface area contributed by atoms with E-state index in [1.165, 1.54) is 12.1 Å². The summed E-state index contributed by atoms with van der Waals surface area (Å²) in [6.07, 6.45) is 1.98. The molecule has 1 saturated heterocycles. The van der Waals surface area contributed by atoms with Crippen molar-refractivity contribution in [1.82, 2.24) is 0 Å². The van der Waals surface area contributed by atoms with Crippen molar-refractivity contribution in [2.45, 2.75) is 30.7 Å². The lowest BCUT2D eigenvalue weighted by atomic mass is 9.91. The maximum Gasteiger partial charge on any atom is 0.130 e. The van der Waals surface area contributed by atoms with Crippen LogP contribution in [-0.4, -0.2) is 12.7 Å². The van der Waals surface area contributed by atoms with Crippen molar-refractivity contribution >= 4 is 15.9 Å². The van der Waals surface area contributed by atoms with Crippen molar-refractivity contribution in [2.24, 2.45) is 5.92 Å². The van der Waals surface area contributed by atoms with E-state index in [1.807, 2.05) is 0 Å². The number of hydrogen-bond donors (Lipinski definition) is 0. The Morgan fingerprint density at radius 3 is 2.88 bits per heavy atom. The van der Waals surface area contributed by atoms with Gasteiger partial charge in [0.2, 0.25) is 0 Å². The standard InChI is InChI=1S/C13H15BrF2O/c1-2-12-10(5-6-17-12)13(14)9-4-3-8(15)7-11(9)16/h3-4,7,10,12-13H,2,5-6H2,1H3. The fourth-order valence-corrected chi connectivity index (χ4v) is 3.35. The Hall–Kier alpha value is -0.480. The second kappa shape index (κ2) is 5.44. The lowest BCUT2D eigenvalue weighted by molar-refractivity contribution is 0.0871. The van der Waals surface area contributed by atoms with Gasteiger partial charge >= 0.3 is 0 Å². The maximum atomic E-state index is 13.7. The molecule has 0 bridgehead atoms. The molecule has 1 aromatic carbocycles. The van der Waals surface area contributed by atoms with Gasteiger partial charge in [-0.25, -0.2) is 8.78 Å². The number of benzene rings is 1. The first-order chi connectivity index (χ1) is 8.13. The van der Waals surface area contributed by atoms with Gasteiger partial charge < -0.3 is 4.74 Å². The third-order valence-corrected chi connectivity index (χ3v) is 4.47. The van der Waals surface area contributed by atoms with E-state index in [2.05, 4.69) is 22.9 Å². The molecule has 0 saturated carbocycles. The lowest BCUT2D eigenvalue weighted by Gasteiger charge is -2.23. The molecule has 0 amide bonds. The molecule has 1 nitrogen and oxygen atoms in total. The second-order valence-corrected chi connectivity index (χ2v) is 5.32. The Morgan fingerprint density at radius 1 is 1.47 bits per heavy atom. The summed E-state index contributed by atoms with van der Waals surface area (Å²) < 4.78 is 32.1. The van der Waals surface area contributed by atoms with E-state index >= 15 is 0 Å². The summed E-state index contributed by atoms with van der Waals surface area (Å²) in [4.78, 5) is -0.115. The molecule has 0 aliphatic carbocycles. The summed E-state index contributed by atoms with van der Waals surface area (Å²) in [5, 5.41) is 0. The second-order valence-electron chi connectivity index (χ2n) is 4.34. The summed E-state index contributed by atoms with van der Waals surface area (Å²) in [5.41, 5.74) is 0.514. The van der Waals surface area contributed by atoms with Gasteiger partial charge in [-0.3, -0.25) is 0 Å². The number of hydrogen-bond acceptors (Lipinski definition) is 1. The third-order valence-electron chi connectivity index (χ3n) is 3.30. The normalized spacial score (nSPS) is 26.1. The van der Waals surface area contributed by atoms with Gasteiger partial charge in [-0.1, -0.05) is 28.9 Å². The van der Waals surface area contributed by atoms with Crippen LogP contribution in [0.2, 0.25) is 0 Å². The van der Waals surface area contributed by atoms with E-state index in [4.69, 9.17) is 4.74 Å². The number of halogens is 3. The molecule has 2 rings (SSSR count). The number of ether oxygens (including phenoxy) is 1. The average Bonchev–Trinajstić information content (AvgIpc) is 2.76. The fraction of sp³-hybridized carbons (Fsp3) is 0.538. The molecule has 0 aromatic heterocycles. The summed E-state index contributed by atoms with van der Waals surface area (Å²) in [7, 11) is 0. The Balaban J connectivity index is 2.21. The molecule has 1 aliphatic rings. The molecule has 0 spiro atoms. The van der Waals surface area contributed by atoms with E-state index in [0.717, 1.165) is 18.9 Å². The monoisotopic (exact) mass is 304 g/mol. The van der Waals surface area contributed by atoms with Crippen LogP contribution in [0.5, 0.6) is 0 Å². The molecule has 3 unspecified atom stereocenters. The van der Waals surface area contributed by atoms with E-state index in [-0.39, 0.29) is 16.8 Å². The van der Waals surface area contributed by atoms with E-state index < -0.39 is 11.6 Å². The van der Waals surface area contributed by atoms with Gasteiger partial charge in [0, 0.05) is 29.0 Å². The zero-order chi connectivity index (χ0) is 12.4. The first kappa shape index (κ1) is 13.0. The van der Waals surface area contributed by atoms with E-state index in [0.29, 0.717) is 12.2 Å². The minimum atomic E-state index is -0.541. The third kappa shape index (κ3) is 2.68. The molecule has 1 fully saturated rings. The topological polar surface area (TPSA) is 9.23 Å².